The lowest BCUT2D eigenvalue weighted by Gasteiger charge is -2.27. The normalized spacial score (nSPS) is 13.7. The van der Waals surface area contributed by atoms with Gasteiger partial charge in [0.2, 0.25) is 10.0 Å². The molecule has 0 fully saturated rings. The minimum atomic E-state index is -3.59. The molecule has 0 radical (unpaired) electrons. The van der Waals surface area contributed by atoms with Gasteiger partial charge in [-0.3, -0.25) is 0 Å². The highest BCUT2D eigenvalue weighted by atomic mass is 79.9. The topological polar surface area (TPSA) is 72.6 Å². The summed E-state index contributed by atoms with van der Waals surface area (Å²) in [5, 5.41) is 0. The Kier molecular flexibility index (Phi) is 6.80. The summed E-state index contributed by atoms with van der Waals surface area (Å²) in [7, 11) is -2.03. The lowest BCUT2D eigenvalue weighted by Crippen LogP contribution is -2.41. The SMILES string of the molecule is CCN(C(C)COC)S(=O)(=O)c1cc(CN)cc(Br)c1C. The molecule has 0 aliphatic rings. The highest BCUT2D eigenvalue weighted by Crippen LogP contribution is 2.28. The average molecular weight is 379 g/mol. The Morgan fingerprint density at radius 3 is 2.52 bits per heavy atom. The third-order valence-corrected chi connectivity index (χ3v) is 6.43. The van der Waals surface area contributed by atoms with Crippen molar-refractivity contribution in [2.75, 3.05) is 20.3 Å². The van der Waals surface area contributed by atoms with Gasteiger partial charge >= 0.3 is 0 Å². The van der Waals surface area contributed by atoms with Crippen LogP contribution in [0.5, 0.6) is 0 Å². The number of rotatable bonds is 7. The van der Waals surface area contributed by atoms with Gasteiger partial charge in [0.05, 0.1) is 11.5 Å². The van der Waals surface area contributed by atoms with E-state index in [1.807, 2.05) is 19.9 Å². The van der Waals surface area contributed by atoms with E-state index >= 15 is 0 Å². The smallest absolute Gasteiger partial charge is 0.243 e. The van der Waals surface area contributed by atoms with Crippen molar-refractivity contribution in [3.8, 4) is 0 Å². The molecular formula is C14H23BrN2O3S. The maximum absolute atomic E-state index is 12.9. The molecule has 0 heterocycles. The second kappa shape index (κ2) is 7.69. The molecule has 0 saturated carbocycles. The molecule has 7 heteroatoms. The van der Waals surface area contributed by atoms with Crippen LogP contribution in [-0.4, -0.2) is 39.0 Å². The molecule has 2 N–H and O–H groups in total. The van der Waals surface area contributed by atoms with Crippen LogP contribution in [0.25, 0.3) is 0 Å². The molecule has 5 nitrogen and oxygen atoms in total. The Hall–Kier alpha value is -0.470. The highest BCUT2D eigenvalue weighted by Gasteiger charge is 2.29. The van der Waals surface area contributed by atoms with E-state index in [4.69, 9.17) is 10.5 Å². The summed E-state index contributed by atoms with van der Waals surface area (Å²) >= 11 is 3.41. The summed E-state index contributed by atoms with van der Waals surface area (Å²) < 4.78 is 33.1. The second-order valence-corrected chi connectivity index (χ2v) is 7.63. The molecule has 0 saturated heterocycles. The Morgan fingerprint density at radius 1 is 1.43 bits per heavy atom. The zero-order valence-electron chi connectivity index (χ0n) is 12.9. The minimum absolute atomic E-state index is 0.232. The summed E-state index contributed by atoms with van der Waals surface area (Å²) in [6, 6.07) is 3.27. The van der Waals surface area contributed by atoms with Gasteiger partial charge in [-0.15, -0.1) is 0 Å². The molecule has 1 aromatic rings. The highest BCUT2D eigenvalue weighted by molar-refractivity contribution is 9.10. The van der Waals surface area contributed by atoms with Crippen molar-refractivity contribution in [1.29, 1.82) is 0 Å². The minimum Gasteiger partial charge on any atom is -0.383 e. The molecule has 1 rings (SSSR count). The van der Waals surface area contributed by atoms with Crippen LogP contribution in [0.15, 0.2) is 21.5 Å². The number of hydrogen-bond acceptors (Lipinski definition) is 4. The Bertz CT molecular complexity index is 590. The molecule has 1 unspecified atom stereocenters. The van der Waals surface area contributed by atoms with Gasteiger partial charge < -0.3 is 10.5 Å². The molecule has 0 aliphatic heterocycles. The van der Waals surface area contributed by atoms with Gasteiger partial charge in [-0.2, -0.15) is 4.31 Å². The fourth-order valence-corrected chi connectivity index (χ4v) is 4.83. The van der Waals surface area contributed by atoms with Gasteiger partial charge in [0.1, 0.15) is 0 Å². The van der Waals surface area contributed by atoms with Crippen LogP contribution in [-0.2, 0) is 21.3 Å². The molecule has 1 atom stereocenters. The second-order valence-electron chi connectivity index (χ2n) is 4.92. The summed E-state index contributed by atoms with van der Waals surface area (Å²) in [4.78, 5) is 0.294. The first-order valence-electron chi connectivity index (χ1n) is 6.79. The van der Waals surface area contributed by atoms with Gasteiger partial charge in [0.25, 0.3) is 0 Å². The maximum Gasteiger partial charge on any atom is 0.243 e. The Morgan fingerprint density at radius 2 is 2.05 bits per heavy atom. The number of sulfonamides is 1. The van der Waals surface area contributed by atoms with E-state index in [1.54, 1.807) is 20.1 Å². The van der Waals surface area contributed by atoms with Crippen LogP contribution in [0.4, 0.5) is 0 Å². The van der Waals surface area contributed by atoms with E-state index in [0.29, 0.717) is 30.2 Å². The standard InChI is InChI=1S/C14H23BrN2O3S/c1-5-17(10(2)9-20-4)21(18,19)14-7-12(8-16)6-13(15)11(14)3/h6-7,10H,5,8-9,16H2,1-4H3. The molecule has 1 aromatic carbocycles. The molecule has 0 amide bonds. The number of hydrogen-bond donors (Lipinski definition) is 1. The molecule has 0 spiro atoms. The predicted octanol–water partition coefficient (Wildman–Crippen LogP) is 2.26. The van der Waals surface area contributed by atoms with Crippen molar-refractivity contribution in [3.05, 3.63) is 27.7 Å². The first kappa shape index (κ1) is 18.6. The largest absolute Gasteiger partial charge is 0.383 e. The molecule has 21 heavy (non-hydrogen) atoms. The number of benzene rings is 1. The monoisotopic (exact) mass is 378 g/mol. The third-order valence-electron chi connectivity index (χ3n) is 3.39. The zero-order chi connectivity index (χ0) is 16.2. The van der Waals surface area contributed by atoms with Gasteiger partial charge in [-0.05, 0) is 37.1 Å². The molecule has 0 aliphatic carbocycles. The van der Waals surface area contributed by atoms with E-state index in [9.17, 15) is 8.42 Å². The predicted molar refractivity (Wildman–Crippen MR) is 87.7 cm³/mol. The fourth-order valence-electron chi connectivity index (χ4n) is 2.26. The van der Waals surface area contributed by atoms with Crippen molar-refractivity contribution in [2.45, 2.75) is 38.3 Å². The first-order valence-corrected chi connectivity index (χ1v) is 9.02. The number of halogens is 1. The van der Waals surface area contributed by atoms with Crippen molar-refractivity contribution in [1.82, 2.24) is 4.31 Å². The fraction of sp³-hybridized carbons (Fsp3) is 0.571. The van der Waals surface area contributed by atoms with E-state index in [2.05, 4.69) is 15.9 Å². The van der Waals surface area contributed by atoms with Gasteiger partial charge in [-0.25, -0.2) is 8.42 Å². The maximum atomic E-state index is 12.9. The molecule has 120 valence electrons. The van der Waals surface area contributed by atoms with Crippen molar-refractivity contribution in [2.24, 2.45) is 5.73 Å². The van der Waals surface area contributed by atoms with Crippen LogP contribution < -0.4 is 5.73 Å². The number of nitrogens with zero attached hydrogens (tertiary/aromatic N) is 1. The Balaban J connectivity index is 3.38. The van der Waals surface area contributed by atoms with E-state index < -0.39 is 10.0 Å². The van der Waals surface area contributed by atoms with Crippen LogP contribution in [0.1, 0.15) is 25.0 Å². The van der Waals surface area contributed by atoms with Crippen LogP contribution in [0, 0.1) is 6.92 Å². The number of likely N-dealkylation sites (N-methyl/N-ethyl adjacent to an activating group) is 1. The number of nitrogens with two attached hydrogens (primary N) is 1. The van der Waals surface area contributed by atoms with Crippen molar-refractivity contribution in [3.63, 3.8) is 0 Å². The van der Waals surface area contributed by atoms with E-state index in [-0.39, 0.29) is 6.04 Å². The average Bonchev–Trinajstić information content (AvgIpc) is 2.42. The summed E-state index contributed by atoms with van der Waals surface area (Å²) in [5.74, 6) is 0. The van der Waals surface area contributed by atoms with Crippen LogP contribution in [0.2, 0.25) is 0 Å². The van der Waals surface area contributed by atoms with Gasteiger partial charge in [0.15, 0.2) is 0 Å². The lowest BCUT2D eigenvalue weighted by atomic mass is 10.1. The molecule has 0 aromatic heterocycles. The zero-order valence-corrected chi connectivity index (χ0v) is 15.3. The molecule has 0 bridgehead atoms. The molecular weight excluding hydrogens is 356 g/mol. The van der Waals surface area contributed by atoms with E-state index in [1.165, 1.54) is 4.31 Å². The number of ether oxygens (including phenoxy) is 1. The Labute approximate surface area is 135 Å². The summed E-state index contributed by atoms with van der Waals surface area (Å²) in [5.41, 5.74) is 7.12. The first-order chi connectivity index (χ1) is 9.79. The third kappa shape index (κ3) is 4.04. The quantitative estimate of drug-likeness (QED) is 0.789. The van der Waals surface area contributed by atoms with E-state index in [0.717, 1.165) is 10.0 Å². The van der Waals surface area contributed by atoms with Crippen LogP contribution >= 0.6 is 15.9 Å². The van der Waals surface area contributed by atoms with Gasteiger partial charge in [0, 0.05) is 30.7 Å². The summed E-state index contributed by atoms with van der Waals surface area (Å²) in [6.45, 7) is 6.47. The van der Waals surface area contributed by atoms with Gasteiger partial charge in [-0.1, -0.05) is 22.9 Å². The van der Waals surface area contributed by atoms with Crippen LogP contribution in [0.3, 0.4) is 0 Å². The van der Waals surface area contributed by atoms with Crippen molar-refractivity contribution >= 4 is 26.0 Å². The lowest BCUT2D eigenvalue weighted by molar-refractivity contribution is 0.142. The summed E-state index contributed by atoms with van der Waals surface area (Å²) in [6.07, 6.45) is 0. The van der Waals surface area contributed by atoms with Crippen molar-refractivity contribution < 1.29 is 13.2 Å². The number of methoxy groups -OCH3 is 1.